The van der Waals surface area contributed by atoms with Crippen molar-refractivity contribution < 1.29 is 4.79 Å². The number of carbonyl (C=O) groups excluding carboxylic acids is 1. The lowest BCUT2D eigenvalue weighted by atomic mass is 10.1. The minimum absolute atomic E-state index is 0.0778. The Morgan fingerprint density at radius 2 is 1.64 bits per heavy atom. The molecule has 164 valence electrons. The summed E-state index contributed by atoms with van der Waals surface area (Å²) >= 11 is 1.37. The van der Waals surface area contributed by atoms with Crippen LogP contribution in [-0.4, -0.2) is 31.2 Å². The number of benzene rings is 3. The number of nitrogens with zero attached hydrogens (tertiary/aromatic N) is 4. The highest BCUT2D eigenvalue weighted by Crippen LogP contribution is 2.29. The summed E-state index contributed by atoms with van der Waals surface area (Å²) in [6, 6.07) is 22.0. The molecule has 1 amide bonds. The molecule has 5 aromatic rings. The van der Waals surface area contributed by atoms with Gasteiger partial charge in [0.05, 0.1) is 16.8 Å². The number of fused-ring (bicyclic) bond motifs is 3. The van der Waals surface area contributed by atoms with E-state index in [9.17, 15) is 4.79 Å². The van der Waals surface area contributed by atoms with Crippen LogP contribution >= 0.6 is 11.8 Å². The zero-order chi connectivity index (χ0) is 22.9. The molecule has 0 fully saturated rings. The molecule has 5 rings (SSSR count). The summed E-state index contributed by atoms with van der Waals surface area (Å²) in [6.45, 7) is 6.08. The van der Waals surface area contributed by atoms with Gasteiger partial charge in [-0.15, -0.1) is 10.2 Å². The van der Waals surface area contributed by atoms with E-state index in [-0.39, 0.29) is 11.7 Å². The summed E-state index contributed by atoms with van der Waals surface area (Å²) in [5, 5.41) is 12.6. The van der Waals surface area contributed by atoms with Gasteiger partial charge in [0.25, 0.3) is 0 Å². The molecule has 1 N–H and O–H groups in total. The van der Waals surface area contributed by atoms with Crippen LogP contribution in [0.3, 0.4) is 0 Å². The Morgan fingerprint density at radius 1 is 0.939 bits per heavy atom. The molecule has 0 aliphatic rings. The number of amides is 1. The number of nitrogens with one attached hydrogen (secondary N) is 1. The maximum Gasteiger partial charge on any atom is 0.234 e. The molecule has 6 nitrogen and oxygen atoms in total. The van der Waals surface area contributed by atoms with Gasteiger partial charge in [-0.05, 0) is 44.0 Å². The highest BCUT2D eigenvalue weighted by molar-refractivity contribution is 8.00. The van der Waals surface area contributed by atoms with E-state index >= 15 is 0 Å². The predicted molar refractivity (Wildman–Crippen MR) is 134 cm³/mol. The van der Waals surface area contributed by atoms with Gasteiger partial charge in [0, 0.05) is 11.3 Å². The van der Waals surface area contributed by atoms with Gasteiger partial charge in [-0.2, -0.15) is 0 Å². The third-order valence-electron chi connectivity index (χ3n) is 5.51. The first-order chi connectivity index (χ1) is 16.0. The average molecular weight is 454 g/mol. The highest BCUT2D eigenvalue weighted by Gasteiger charge is 2.18. The molecule has 0 bridgehead atoms. The molecule has 2 heterocycles. The van der Waals surface area contributed by atoms with E-state index < -0.39 is 0 Å². The number of thioether (sulfide) groups is 1. The number of carbonyl (C=O) groups is 1. The predicted octanol–water partition coefficient (Wildman–Crippen LogP) is 5.60. The minimum atomic E-state index is -0.0778. The lowest BCUT2D eigenvalue weighted by Gasteiger charge is -2.13. The number of aryl methyl sites for hydroxylation is 3. The first-order valence-electron chi connectivity index (χ1n) is 10.7. The Hall–Kier alpha value is -3.71. The van der Waals surface area contributed by atoms with Crippen molar-refractivity contribution >= 4 is 40.0 Å². The van der Waals surface area contributed by atoms with Crippen molar-refractivity contribution in [3.63, 3.8) is 0 Å². The van der Waals surface area contributed by atoms with Crippen molar-refractivity contribution in [1.29, 1.82) is 0 Å². The Morgan fingerprint density at radius 3 is 2.39 bits per heavy atom. The summed E-state index contributed by atoms with van der Waals surface area (Å²) in [5.74, 6) is 0.897. The van der Waals surface area contributed by atoms with Crippen molar-refractivity contribution in [1.82, 2.24) is 19.6 Å². The fourth-order valence-electron chi connectivity index (χ4n) is 4.12. The van der Waals surface area contributed by atoms with E-state index in [1.807, 2.05) is 72.8 Å². The Labute approximate surface area is 196 Å². The van der Waals surface area contributed by atoms with Crippen molar-refractivity contribution in [2.24, 2.45) is 0 Å². The van der Waals surface area contributed by atoms with Crippen LogP contribution in [0.2, 0.25) is 0 Å². The standard InChI is InChI=1S/C26H23N5OS/c1-16-13-17(2)23(18(3)14-16)28-22(32)15-33-26-25-30-29-24(19-9-5-4-6-10-19)31(25)21-12-8-7-11-20(21)27-26/h4-14H,15H2,1-3H3,(H,28,32). The SMILES string of the molecule is Cc1cc(C)c(NC(=O)CSc2nc3ccccc3n3c(-c4ccccc4)nnc23)c(C)c1. The van der Waals surface area contributed by atoms with Crippen LogP contribution < -0.4 is 5.32 Å². The summed E-state index contributed by atoms with van der Waals surface area (Å²) in [4.78, 5) is 17.6. The van der Waals surface area contributed by atoms with Gasteiger partial charge >= 0.3 is 0 Å². The number of para-hydroxylation sites is 2. The zero-order valence-electron chi connectivity index (χ0n) is 18.7. The number of aromatic nitrogens is 4. The molecule has 0 atom stereocenters. The molecule has 0 aliphatic heterocycles. The summed E-state index contributed by atoms with van der Waals surface area (Å²) in [5.41, 5.74) is 7.54. The molecule has 2 aromatic heterocycles. The minimum Gasteiger partial charge on any atom is -0.325 e. The van der Waals surface area contributed by atoms with Gasteiger partial charge in [0.15, 0.2) is 11.5 Å². The van der Waals surface area contributed by atoms with E-state index in [1.165, 1.54) is 17.3 Å². The molecule has 0 saturated carbocycles. The normalized spacial score (nSPS) is 11.2. The third kappa shape index (κ3) is 4.07. The molecule has 0 spiro atoms. The van der Waals surface area contributed by atoms with Crippen LogP contribution in [0.4, 0.5) is 5.69 Å². The lowest BCUT2D eigenvalue weighted by molar-refractivity contribution is -0.113. The largest absolute Gasteiger partial charge is 0.325 e. The Bertz CT molecular complexity index is 1470. The maximum atomic E-state index is 12.8. The van der Waals surface area contributed by atoms with E-state index in [4.69, 9.17) is 4.98 Å². The summed E-state index contributed by atoms with van der Waals surface area (Å²) < 4.78 is 2.02. The second-order valence-corrected chi connectivity index (χ2v) is 9.03. The van der Waals surface area contributed by atoms with E-state index in [2.05, 4.69) is 34.6 Å². The first kappa shape index (κ1) is 21.2. The smallest absolute Gasteiger partial charge is 0.234 e. The molecule has 33 heavy (non-hydrogen) atoms. The Balaban J connectivity index is 1.49. The average Bonchev–Trinajstić information content (AvgIpc) is 3.26. The van der Waals surface area contributed by atoms with Crippen LogP contribution in [0, 0.1) is 20.8 Å². The van der Waals surface area contributed by atoms with Crippen LogP contribution in [0.25, 0.3) is 28.1 Å². The van der Waals surface area contributed by atoms with Crippen LogP contribution in [0.5, 0.6) is 0 Å². The molecule has 7 heteroatoms. The number of rotatable bonds is 5. The molecule has 3 aromatic carbocycles. The van der Waals surface area contributed by atoms with Gasteiger partial charge in [-0.3, -0.25) is 9.20 Å². The van der Waals surface area contributed by atoms with Crippen LogP contribution in [0.1, 0.15) is 16.7 Å². The molecule has 0 saturated heterocycles. The van der Waals surface area contributed by atoms with Crippen molar-refractivity contribution in [3.05, 3.63) is 83.4 Å². The zero-order valence-corrected chi connectivity index (χ0v) is 19.5. The Kier molecular flexibility index (Phi) is 5.56. The number of hydrogen-bond acceptors (Lipinski definition) is 5. The first-order valence-corrected chi connectivity index (χ1v) is 11.7. The van der Waals surface area contributed by atoms with E-state index in [0.717, 1.165) is 39.2 Å². The molecule has 0 radical (unpaired) electrons. The fourth-order valence-corrected chi connectivity index (χ4v) is 4.88. The molecular weight excluding hydrogens is 430 g/mol. The molecule has 0 unspecified atom stereocenters. The topological polar surface area (TPSA) is 72.2 Å². The highest BCUT2D eigenvalue weighted by atomic mass is 32.2. The molecule has 0 aliphatic carbocycles. The third-order valence-corrected chi connectivity index (χ3v) is 6.47. The maximum absolute atomic E-state index is 12.8. The van der Waals surface area contributed by atoms with Crippen molar-refractivity contribution in [2.45, 2.75) is 25.8 Å². The second-order valence-electron chi connectivity index (χ2n) is 8.06. The van der Waals surface area contributed by atoms with Gasteiger partial charge in [0.1, 0.15) is 5.03 Å². The molecular formula is C26H23N5OS. The van der Waals surface area contributed by atoms with Gasteiger partial charge in [-0.25, -0.2) is 4.98 Å². The number of anilines is 1. The summed E-state index contributed by atoms with van der Waals surface area (Å²) in [6.07, 6.45) is 0. The van der Waals surface area contributed by atoms with Gasteiger partial charge in [0.2, 0.25) is 5.91 Å². The van der Waals surface area contributed by atoms with E-state index in [0.29, 0.717) is 10.7 Å². The van der Waals surface area contributed by atoms with E-state index in [1.54, 1.807) is 0 Å². The van der Waals surface area contributed by atoms with Crippen molar-refractivity contribution in [3.8, 4) is 11.4 Å². The van der Waals surface area contributed by atoms with Gasteiger partial charge in [-0.1, -0.05) is 71.9 Å². The fraction of sp³-hybridized carbons (Fsp3) is 0.154. The number of hydrogen-bond donors (Lipinski definition) is 1. The monoisotopic (exact) mass is 453 g/mol. The van der Waals surface area contributed by atoms with Crippen LogP contribution in [-0.2, 0) is 4.79 Å². The van der Waals surface area contributed by atoms with Crippen LogP contribution in [0.15, 0.2) is 71.8 Å². The lowest BCUT2D eigenvalue weighted by Crippen LogP contribution is -2.16. The van der Waals surface area contributed by atoms with Crippen molar-refractivity contribution in [2.75, 3.05) is 11.1 Å². The summed E-state index contributed by atoms with van der Waals surface area (Å²) in [7, 11) is 0. The second kappa shape index (κ2) is 8.67. The van der Waals surface area contributed by atoms with Gasteiger partial charge < -0.3 is 5.32 Å². The quantitative estimate of drug-likeness (QED) is 0.351.